The first-order valence-corrected chi connectivity index (χ1v) is 7.63. The van der Waals surface area contributed by atoms with Gasteiger partial charge in [-0.1, -0.05) is 29.8 Å². The lowest BCUT2D eigenvalue weighted by Crippen LogP contribution is -2.45. The summed E-state index contributed by atoms with van der Waals surface area (Å²) in [6, 6.07) is 10.7. The smallest absolute Gasteiger partial charge is 0.0294 e. The molecule has 0 aromatic heterocycles. The van der Waals surface area contributed by atoms with Gasteiger partial charge in [0.15, 0.2) is 0 Å². The number of benzene rings is 1. The summed E-state index contributed by atoms with van der Waals surface area (Å²) in [6.45, 7) is 11.5. The molecule has 0 bridgehead atoms. The minimum absolute atomic E-state index is 0.455. The van der Waals surface area contributed by atoms with Crippen LogP contribution in [0.2, 0.25) is 0 Å². The van der Waals surface area contributed by atoms with Gasteiger partial charge in [0.2, 0.25) is 0 Å². The van der Waals surface area contributed by atoms with Gasteiger partial charge in [-0.05, 0) is 59.2 Å². The fourth-order valence-corrected chi connectivity index (χ4v) is 2.89. The van der Waals surface area contributed by atoms with E-state index < -0.39 is 0 Å². The van der Waals surface area contributed by atoms with E-state index in [0.29, 0.717) is 18.1 Å². The van der Waals surface area contributed by atoms with Gasteiger partial charge in [0.25, 0.3) is 0 Å². The Kier molecular flexibility index (Phi) is 5.00. The second kappa shape index (κ2) is 6.53. The van der Waals surface area contributed by atoms with Crippen LogP contribution < -0.4 is 5.32 Å². The van der Waals surface area contributed by atoms with Gasteiger partial charge in [-0.2, -0.15) is 0 Å². The Morgan fingerprint density at radius 2 is 1.63 bits per heavy atom. The molecule has 0 amide bonds. The van der Waals surface area contributed by atoms with Crippen molar-refractivity contribution in [1.82, 2.24) is 10.2 Å². The van der Waals surface area contributed by atoms with Gasteiger partial charge in [0.05, 0.1) is 0 Å². The first kappa shape index (κ1) is 14.5. The molecule has 2 nitrogen and oxygen atoms in total. The van der Waals surface area contributed by atoms with Crippen LogP contribution in [-0.2, 0) is 0 Å². The number of likely N-dealkylation sites (tertiary alicyclic amines) is 1. The molecule has 1 N–H and O–H groups in total. The standard InChI is InChI=1S/C17H28N2/c1-13(2)19-11-9-17(10-12-19)18-15(4)16-7-5-14(3)6-8-16/h5-8,13,15,17-18H,9-12H2,1-4H3/t15-/m0/s1. The molecule has 1 aliphatic heterocycles. The lowest BCUT2D eigenvalue weighted by Gasteiger charge is -2.36. The zero-order chi connectivity index (χ0) is 13.8. The molecule has 0 spiro atoms. The van der Waals surface area contributed by atoms with E-state index in [1.165, 1.54) is 37.1 Å². The summed E-state index contributed by atoms with van der Waals surface area (Å²) in [4.78, 5) is 2.58. The molecule has 1 heterocycles. The number of hydrogen-bond acceptors (Lipinski definition) is 2. The van der Waals surface area contributed by atoms with E-state index in [4.69, 9.17) is 0 Å². The summed E-state index contributed by atoms with van der Waals surface area (Å²) in [5.41, 5.74) is 2.73. The molecule has 0 unspecified atom stereocenters. The predicted octanol–water partition coefficient (Wildman–Crippen LogP) is 3.52. The van der Waals surface area contributed by atoms with E-state index in [9.17, 15) is 0 Å². The summed E-state index contributed by atoms with van der Waals surface area (Å²) < 4.78 is 0. The Morgan fingerprint density at radius 3 is 2.16 bits per heavy atom. The molecule has 1 saturated heterocycles. The summed E-state index contributed by atoms with van der Waals surface area (Å²) in [6.07, 6.45) is 2.54. The van der Waals surface area contributed by atoms with E-state index in [-0.39, 0.29) is 0 Å². The van der Waals surface area contributed by atoms with Crippen LogP contribution in [0.3, 0.4) is 0 Å². The van der Waals surface area contributed by atoms with Crippen LogP contribution >= 0.6 is 0 Å². The summed E-state index contributed by atoms with van der Waals surface area (Å²) in [7, 11) is 0. The van der Waals surface area contributed by atoms with Crippen molar-refractivity contribution in [1.29, 1.82) is 0 Å². The highest BCUT2D eigenvalue weighted by Gasteiger charge is 2.21. The molecule has 2 heteroatoms. The second-order valence-corrected chi connectivity index (χ2v) is 6.20. The number of nitrogens with one attached hydrogen (secondary N) is 1. The van der Waals surface area contributed by atoms with Gasteiger partial charge in [0.1, 0.15) is 0 Å². The molecular formula is C17H28N2. The topological polar surface area (TPSA) is 15.3 Å². The average molecular weight is 260 g/mol. The highest BCUT2D eigenvalue weighted by Crippen LogP contribution is 2.18. The molecule has 19 heavy (non-hydrogen) atoms. The van der Waals surface area contributed by atoms with E-state index >= 15 is 0 Å². The third kappa shape index (κ3) is 4.05. The highest BCUT2D eigenvalue weighted by molar-refractivity contribution is 5.23. The van der Waals surface area contributed by atoms with Gasteiger partial charge >= 0.3 is 0 Å². The van der Waals surface area contributed by atoms with Gasteiger partial charge < -0.3 is 10.2 Å². The monoisotopic (exact) mass is 260 g/mol. The molecule has 1 aliphatic rings. The van der Waals surface area contributed by atoms with E-state index in [0.717, 1.165) is 0 Å². The SMILES string of the molecule is Cc1ccc([C@H](C)NC2CCN(C(C)C)CC2)cc1. The maximum Gasteiger partial charge on any atom is 0.0294 e. The van der Waals surface area contributed by atoms with Crippen LogP contribution in [0.4, 0.5) is 0 Å². The Balaban J connectivity index is 1.83. The van der Waals surface area contributed by atoms with E-state index in [2.05, 4.69) is 62.2 Å². The van der Waals surface area contributed by atoms with Crippen LogP contribution in [0.15, 0.2) is 24.3 Å². The number of nitrogens with zero attached hydrogens (tertiary/aromatic N) is 1. The van der Waals surface area contributed by atoms with Gasteiger partial charge in [-0.25, -0.2) is 0 Å². The third-order valence-corrected chi connectivity index (χ3v) is 4.32. The minimum Gasteiger partial charge on any atom is -0.307 e. The lowest BCUT2D eigenvalue weighted by molar-refractivity contribution is 0.157. The van der Waals surface area contributed by atoms with Crippen molar-refractivity contribution < 1.29 is 0 Å². The second-order valence-electron chi connectivity index (χ2n) is 6.20. The predicted molar refractivity (Wildman–Crippen MR) is 82.5 cm³/mol. The highest BCUT2D eigenvalue weighted by atomic mass is 15.2. The Labute approximate surface area is 118 Å². The largest absolute Gasteiger partial charge is 0.307 e. The van der Waals surface area contributed by atoms with Crippen molar-refractivity contribution in [3.63, 3.8) is 0 Å². The van der Waals surface area contributed by atoms with Gasteiger partial charge in [-0.3, -0.25) is 0 Å². The van der Waals surface area contributed by atoms with E-state index in [1.54, 1.807) is 0 Å². The molecule has 1 fully saturated rings. The minimum atomic E-state index is 0.455. The fourth-order valence-electron chi connectivity index (χ4n) is 2.89. The maximum atomic E-state index is 3.79. The van der Waals surface area contributed by atoms with Gasteiger partial charge in [0, 0.05) is 18.1 Å². The van der Waals surface area contributed by atoms with Gasteiger partial charge in [-0.15, -0.1) is 0 Å². The molecule has 0 radical (unpaired) electrons. The van der Waals surface area contributed by atoms with Crippen LogP contribution in [0.25, 0.3) is 0 Å². The van der Waals surface area contributed by atoms with Crippen molar-refractivity contribution in [3.8, 4) is 0 Å². The Hall–Kier alpha value is -0.860. The molecule has 1 aromatic carbocycles. The molecule has 1 atom stereocenters. The summed E-state index contributed by atoms with van der Waals surface area (Å²) in [5.74, 6) is 0. The lowest BCUT2D eigenvalue weighted by atomic mass is 10.0. The van der Waals surface area contributed by atoms with Crippen molar-refractivity contribution in [2.24, 2.45) is 0 Å². The van der Waals surface area contributed by atoms with Crippen LogP contribution in [-0.4, -0.2) is 30.1 Å². The quantitative estimate of drug-likeness (QED) is 0.891. The molecule has 0 aliphatic carbocycles. The number of piperidine rings is 1. The fraction of sp³-hybridized carbons (Fsp3) is 0.647. The van der Waals surface area contributed by atoms with Crippen LogP contribution in [0.1, 0.15) is 50.8 Å². The van der Waals surface area contributed by atoms with Crippen molar-refractivity contribution in [3.05, 3.63) is 35.4 Å². The maximum absolute atomic E-state index is 3.79. The van der Waals surface area contributed by atoms with Crippen LogP contribution in [0.5, 0.6) is 0 Å². The first-order chi connectivity index (χ1) is 9.06. The zero-order valence-corrected chi connectivity index (χ0v) is 12.8. The Bertz CT molecular complexity index is 375. The number of rotatable bonds is 4. The molecule has 2 rings (SSSR count). The number of aryl methyl sites for hydroxylation is 1. The van der Waals surface area contributed by atoms with Crippen LogP contribution in [0, 0.1) is 6.92 Å². The van der Waals surface area contributed by atoms with Crippen molar-refractivity contribution in [2.45, 2.75) is 58.7 Å². The van der Waals surface area contributed by atoms with E-state index in [1.807, 2.05) is 0 Å². The summed E-state index contributed by atoms with van der Waals surface area (Å²) >= 11 is 0. The number of hydrogen-bond donors (Lipinski definition) is 1. The average Bonchev–Trinajstić information content (AvgIpc) is 2.40. The van der Waals surface area contributed by atoms with Crippen molar-refractivity contribution >= 4 is 0 Å². The third-order valence-electron chi connectivity index (χ3n) is 4.32. The van der Waals surface area contributed by atoms with Crippen molar-refractivity contribution in [2.75, 3.05) is 13.1 Å². The molecule has 1 aromatic rings. The zero-order valence-electron chi connectivity index (χ0n) is 12.8. The molecular weight excluding hydrogens is 232 g/mol. The molecule has 106 valence electrons. The first-order valence-electron chi connectivity index (χ1n) is 7.63. The Morgan fingerprint density at radius 1 is 1.05 bits per heavy atom. The normalized spacial score (nSPS) is 19.8. The molecule has 0 saturated carbocycles. The summed E-state index contributed by atoms with van der Waals surface area (Å²) in [5, 5.41) is 3.79.